The van der Waals surface area contributed by atoms with Crippen molar-refractivity contribution in [3.05, 3.63) is 71.2 Å². The van der Waals surface area contributed by atoms with E-state index in [1.54, 1.807) is 37.4 Å². The van der Waals surface area contributed by atoms with E-state index in [1.165, 1.54) is 48.8 Å². The first-order valence-corrected chi connectivity index (χ1v) is 12.2. The summed E-state index contributed by atoms with van der Waals surface area (Å²) in [6, 6.07) is 15.5. The van der Waals surface area contributed by atoms with Crippen molar-refractivity contribution in [3.63, 3.8) is 0 Å². The summed E-state index contributed by atoms with van der Waals surface area (Å²) < 4.78 is 39.1. The molecule has 0 saturated heterocycles. The molecule has 0 atom stereocenters. The fraction of sp³-hybridized carbons (Fsp3) is 0.0909. The van der Waals surface area contributed by atoms with Gasteiger partial charge in [-0.2, -0.15) is 0 Å². The third kappa shape index (κ3) is 5.03. The molecule has 1 heterocycles. The lowest BCUT2D eigenvalue weighted by Crippen LogP contribution is -2.15. The Kier molecular flexibility index (Phi) is 6.41. The minimum atomic E-state index is -3.84. The Hall–Kier alpha value is -3.34. The molecule has 0 spiro atoms. The van der Waals surface area contributed by atoms with Crippen molar-refractivity contribution in [1.82, 2.24) is 4.98 Å². The first-order valence-electron chi connectivity index (χ1n) is 9.51. The third-order valence-electron chi connectivity index (χ3n) is 4.62. The quantitative estimate of drug-likeness (QED) is 0.367. The number of methoxy groups -OCH3 is 2. The van der Waals surface area contributed by atoms with Crippen molar-refractivity contribution in [2.75, 3.05) is 24.3 Å². The van der Waals surface area contributed by atoms with E-state index < -0.39 is 15.9 Å². The summed E-state index contributed by atoms with van der Waals surface area (Å²) in [5.74, 6) is 0.668. The second-order valence-electron chi connectivity index (χ2n) is 6.79. The lowest BCUT2D eigenvalue weighted by molar-refractivity contribution is 0.102. The van der Waals surface area contributed by atoms with Crippen LogP contribution in [-0.4, -0.2) is 33.5 Å². The smallest absolute Gasteiger partial charge is 0.261 e. The second-order valence-corrected chi connectivity index (χ2v) is 9.94. The zero-order valence-corrected chi connectivity index (χ0v) is 19.8. The van der Waals surface area contributed by atoms with Crippen molar-refractivity contribution in [2.45, 2.75) is 4.90 Å². The number of halogens is 1. The molecule has 0 radical (unpaired) electrons. The SMILES string of the molecule is COc1cc2nc(NC(=O)c3cccc(NS(=O)(=O)c4ccc(Cl)cc4)c3)sc2cc1OC. The zero-order valence-electron chi connectivity index (χ0n) is 17.5. The molecule has 0 bridgehead atoms. The largest absolute Gasteiger partial charge is 0.493 e. The van der Waals surface area contributed by atoms with Crippen molar-refractivity contribution >= 4 is 59.9 Å². The maximum absolute atomic E-state index is 12.8. The minimum Gasteiger partial charge on any atom is -0.493 e. The Morgan fingerprint density at radius 1 is 1.00 bits per heavy atom. The van der Waals surface area contributed by atoms with Crippen LogP contribution < -0.4 is 19.5 Å². The van der Waals surface area contributed by atoms with Gasteiger partial charge in [0.15, 0.2) is 16.6 Å². The van der Waals surface area contributed by atoms with Crippen LogP contribution in [0.1, 0.15) is 10.4 Å². The Morgan fingerprint density at radius 3 is 2.39 bits per heavy atom. The Morgan fingerprint density at radius 2 is 1.70 bits per heavy atom. The van der Waals surface area contributed by atoms with E-state index >= 15 is 0 Å². The number of carbonyl (C=O) groups excluding carboxylic acids is 1. The zero-order chi connectivity index (χ0) is 23.6. The Balaban J connectivity index is 1.53. The molecule has 8 nitrogen and oxygen atoms in total. The molecule has 2 N–H and O–H groups in total. The molecule has 4 aromatic rings. The number of nitrogens with zero attached hydrogens (tertiary/aromatic N) is 1. The van der Waals surface area contributed by atoms with E-state index in [-0.39, 0.29) is 16.1 Å². The van der Waals surface area contributed by atoms with Crippen LogP contribution in [-0.2, 0) is 10.0 Å². The average molecular weight is 504 g/mol. The van der Waals surface area contributed by atoms with E-state index in [0.717, 1.165) is 4.70 Å². The van der Waals surface area contributed by atoms with Gasteiger partial charge in [0.1, 0.15) is 0 Å². The average Bonchev–Trinajstić information content (AvgIpc) is 3.19. The number of sulfonamides is 1. The van der Waals surface area contributed by atoms with Crippen molar-refractivity contribution in [3.8, 4) is 11.5 Å². The molecule has 0 unspecified atom stereocenters. The van der Waals surface area contributed by atoms with Gasteiger partial charge in [-0.1, -0.05) is 29.0 Å². The molecule has 3 aromatic carbocycles. The Labute approximate surface area is 199 Å². The van der Waals surface area contributed by atoms with Gasteiger partial charge in [0, 0.05) is 28.4 Å². The molecule has 33 heavy (non-hydrogen) atoms. The number of anilines is 2. The van der Waals surface area contributed by atoms with Gasteiger partial charge in [0.2, 0.25) is 0 Å². The van der Waals surface area contributed by atoms with E-state index in [1.807, 2.05) is 0 Å². The standard InChI is InChI=1S/C22H18ClN3O5S2/c1-30-18-11-17-20(12-19(18)31-2)32-22(24-17)25-21(27)13-4-3-5-15(10-13)26-33(28,29)16-8-6-14(23)7-9-16/h3-12,26H,1-2H3,(H,24,25,27). The molecular weight excluding hydrogens is 486 g/mol. The second kappa shape index (κ2) is 9.26. The highest BCUT2D eigenvalue weighted by atomic mass is 35.5. The molecule has 0 aliphatic rings. The first kappa shape index (κ1) is 22.8. The highest BCUT2D eigenvalue weighted by Gasteiger charge is 2.16. The summed E-state index contributed by atoms with van der Waals surface area (Å²) in [5, 5.41) is 3.56. The number of aromatic nitrogens is 1. The van der Waals surface area contributed by atoms with Crippen molar-refractivity contribution in [1.29, 1.82) is 0 Å². The number of benzene rings is 3. The van der Waals surface area contributed by atoms with E-state index in [2.05, 4.69) is 15.0 Å². The van der Waals surface area contributed by atoms with Crippen LogP contribution in [0.5, 0.6) is 11.5 Å². The number of fused-ring (bicyclic) bond motifs is 1. The van der Waals surface area contributed by atoms with Crippen LogP contribution in [0, 0.1) is 0 Å². The van der Waals surface area contributed by atoms with E-state index in [9.17, 15) is 13.2 Å². The molecule has 4 rings (SSSR count). The number of rotatable bonds is 7. The number of hydrogen-bond acceptors (Lipinski definition) is 7. The number of ether oxygens (including phenoxy) is 2. The van der Waals surface area contributed by atoms with Crippen molar-refractivity contribution in [2.24, 2.45) is 0 Å². The van der Waals surface area contributed by atoms with Gasteiger partial charge in [0.25, 0.3) is 15.9 Å². The lowest BCUT2D eigenvalue weighted by atomic mass is 10.2. The maximum Gasteiger partial charge on any atom is 0.261 e. The van der Waals surface area contributed by atoms with Gasteiger partial charge in [0.05, 0.1) is 29.3 Å². The first-order chi connectivity index (χ1) is 15.8. The lowest BCUT2D eigenvalue weighted by Gasteiger charge is -2.09. The Bertz CT molecular complexity index is 1400. The maximum atomic E-state index is 12.8. The number of carbonyl (C=O) groups is 1. The van der Waals surface area contributed by atoms with Crippen LogP contribution in [0.25, 0.3) is 10.2 Å². The predicted octanol–water partition coefficient (Wildman–Crippen LogP) is 5.02. The molecule has 0 aliphatic carbocycles. The molecule has 0 fully saturated rings. The molecule has 1 amide bonds. The summed E-state index contributed by atoms with van der Waals surface area (Å²) in [6.07, 6.45) is 0. The molecule has 1 aromatic heterocycles. The summed E-state index contributed by atoms with van der Waals surface area (Å²) >= 11 is 7.10. The van der Waals surface area contributed by atoms with Gasteiger partial charge in [-0.15, -0.1) is 0 Å². The highest BCUT2D eigenvalue weighted by Crippen LogP contribution is 2.36. The van der Waals surface area contributed by atoms with Crippen LogP contribution in [0.3, 0.4) is 0 Å². The van der Waals surface area contributed by atoms with Crippen LogP contribution >= 0.6 is 22.9 Å². The van der Waals surface area contributed by atoms with Gasteiger partial charge in [-0.25, -0.2) is 13.4 Å². The van der Waals surface area contributed by atoms with Gasteiger partial charge < -0.3 is 9.47 Å². The topological polar surface area (TPSA) is 107 Å². The summed E-state index contributed by atoms with van der Waals surface area (Å²) in [5.41, 5.74) is 1.16. The summed E-state index contributed by atoms with van der Waals surface area (Å²) in [7, 11) is -0.759. The monoisotopic (exact) mass is 503 g/mol. The fourth-order valence-corrected chi connectivity index (χ4v) is 5.08. The van der Waals surface area contributed by atoms with E-state index in [4.69, 9.17) is 21.1 Å². The molecule has 11 heteroatoms. The highest BCUT2D eigenvalue weighted by molar-refractivity contribution is 7.92. The van der Waals surface area contributed by atoms with Gasteiger partial charge in [-0.3, -0.25) is 14.8 Å². The minimum absolute atomic E-state index is 0.0575. The van der Waals surface area contributed by atoms with Crippen molar-refractivity contribution < 1.29 is 22.7 Å². The summed E-state index contributed by atoms with van der Waals surface area (Å²) in [4.78, 5) is 17.3. The summed E-state index contributed by atoms with van der Waals surface area (Å²) in [6.45, 7) is 0. The third-order valence-corrected chi connectivity index (χ3v) is 7.20. The van der Waals surface area contributed by atoms with Gasteiger partial charge in [-0.05, 0) is 42.5 Å². The molecular formula is C22H18ClN3O5S2. The number of hydrogen-bond donors (Lipinski definition) is 2. The van der Waals surface area contributed by atoms with Crippen LogP contribution in [0.4, 0.5) is 10.8 Å². The number of thiazole rings is 1. The normalized spacial score (nSPS) is 11.2. The van der Waals surface area contributed by atoms with E-state index in [0.29, 0.717) is 27.2 Å². The molecule has 0 aliphatic heterocycles. The predicted molar refractivity (Wildman–Crippen MR) is 129 cm³/mol. The number of nitrogens with one attached hydrogen (secondary N) is 2. The van der Waals surface area contributed by atoms with Crippen LogP contribution in [0.2, 0.25) is 5.02 Å². The fourth-order valence-electron chi connectivity index (χ4n) is 3.03. The number of amides is 1. The molecule has 170 valence electrons. The van der Waals surface area contributed by atoms with Gasteiger partial charge >= 0.3 is 0 Å². The molecule has 0 saturated carbocycles. The van der Waals surface area contributed by atoms with Crippen LogP contribution in [0.15, 0.2) is 65.6 Å².